The largest absolute Gasteiger partial charge is 0.493 e. The second kappa shape index (κ2) is 5.81. The molecule has 0 atom stereocenters. The summed E-state index contributed by atoms with van der Waals surface area (Å²) in [5, 5.41) is 0. The zero-order valence-corrected chi connectivity index (χ0v) is 10.2. The van der Waals surface area contributed by atoms with Crippen molar-refractivity contribution < 1.29 is 9.53 Å². The number of ether oxygens (including phenoxy) is 1. The average molecular weight is 224 g/mol. The highest BCUT2D eigenvalue weighted by atomic mass is 32.2. The maximum atomic E-state index is 11.6. The molecule has 0 spiro atoms. The molecule has 0 heterocycles. The Labute approximate surface area is 95.0 Å². The van der Waals surface area contributed by atoms with Crippen LogP contribution in [0.5, 0.6) is 5.75 Å². The van der Waals surface area contributed by atoms with Crippen LogP contribution in [0.1, 0.15) is 30.6 Å². The summed E-state index contributed by atoms with van der Waals surface area (Å²) in [7, 11) is 0. The second-order valence-corrected chi connectivity index (χ2v) is 3.95. The molecule has 1 aromatic carbocycles. The van der Waals surface area contributed by atoms with Gasteiger partial charge in [-0.05, 0) is 31.4 Å². The van der Waals surface area contributed by atoms with Crippen molar-refractivity contribution in [3.8, 4) is 5.75 Å². The van der Waals surface area contributed by atoms with E-state index in [4.69, 9.17) is 4.74 Å². The van der Waals surface area contributed by atoms with Gasteiger partial charge >= 0.3 is 0 Å². The van der Waals surface area contributed by atoms with Crippen LogP contribution in [0.15, 0.2) is 23.1 Å². The molecule has 0 radical (unpaired) electrons. The van der Waals surface area contributed by atoms with Crippen LogP contribution < -0.4 is 4.74 Å². The smallest absolute Gasteiger partial charge is 0.166 e. The lowest BCUT2D eigenvalue weighted by Gasteiger charge is -2.09. The lowest BCUT2D eigenvalue weighted by Crippen LogP contribution is -2.02. The number of hydrogen-bond acceptors (Lipinski definition) is 3. The van der Waals surface area contributed by atoms with Gasteiger partial charge in [0.25, 0.3) is 0 Å². The third-order valence-corrected chi connectivity index (χ3v) is 2.84. The number of benzene rings is 1. The second-order valence-electron chi connectivity index (χ2n) is 3.07. The molecule has 0 fully saturated rings. The van der Waals surface area contributed by atoms with Crippen molar-refractivity contribution in [1.82, 2.24) is 0 Å². The van der Waals surface area contributed by atoms with Gasteiger partial charge in [-0.25, -0.2) is 0 Å². The number of rotatable bonds is 5. The van der Waals surface area contributed by atoms with Gasteiger partial charge in [0.1, 0.15) is 5.75 Å². The summed E-state index contributed by atoms with van der Waals surface area (Å²) < 4.78 is 5.47. The Morgan fingerprint density at radius 3 is 2.67 bits per heavy atom. The predicted molar refractivity (Wildman–Crippen MR) is 64.0 cm³/mol. The monoisotopic (exact) mass is 224 g/mol. The molecule has 0 aromatic heterocycles. The van der Waals surface area contributed by atoms with Crippen molar-refractivity contribution in [3.63, 3.8) is 0 Å². The number of carbonyl (C=O) groups is 1. The van der Waals surface area contributed by atoms with E-state index in [1.54, 1.807) is 11.8 Å². The van der Waals surface area contributed by atoms with Crippen molar-refractivity contribution in [3.05, 3.63) is 23.8 Å². The number of thioether (sulfide) groups is 1. The minimum Gasteiger partial charge on any atom is -0.493 e. The molecule has 0 unspecified atom stereocenters. The van der Waals surface area contributed by atoms with E-state index in [0.29, 0.717) is 24.3 Å². The van der Waals surface area contributed by atoms with Crippen LogP contribution in [0.25, 0.3) is 0 Å². The van der Waals surface area contributed by atoms with Gasteiger partial charge in [0.2, 0.25) is 0 Å². The first-order valence-corrected chi connectivity index (χ1v) is 6.29. The fraction of sp³-hybridized carbons (Fsp3) is 0.417. The zero-order valence-electron chi connectivity index (χ0n) is 9.37. The van der Waals surface area contributed by atoms with E-state index in [9.17, 15) is 4.79 Å². The SMILES string of the molecule is CCOc1cc(SC)ccc1C(=O)CC. The molecular formula is C12H16O2S. The first kappa shape index (κ1) is 12.1. The minimum atomic E-state index is 0.131. The highest BCUT2D eigenvalue weighted by Gasteiger charge is 2.10. The molecule has 2 nitrogen and oxygen atoms in total. The molecule has 15 heavy (non-hydrogen) atoms. The van der Waals surface area contributed by atoms with E-state index < -0.39 is 0 Å². The maximum absolute atomic E-state index is 11.6. The summed E-state index contributed by atoms with van der Waals surface area (Å²) in [6.45, 7) is 4.37. The molecule has 82 valence electrons. The van der Waals surface area contributed by atoms with Crippen molar-refractivity contribution in [2.45, 2.75) is 25.2 Å². The van der Waals surface area contributed by atoms with Gasteiger partial charge in [-0.15, -0.1) is 11.8 Å². The van der Waals surface area contributed by atoms with E-state index >= 15 is 0 Å². The van der Waals surface area contributed by atoms with E-state index in [0.717, 1.165) is 4.90 Å². The van der Waals surface area contributed by atoms with Gasteiger partial charge in [-0.3, -0.25) is 4.79 Å². The number of Topliss-reactive ketones (excluding diaryl/α,β-unsaturated/α-hetero) is 1. The summed E-state index contributed by atoms with van der Waals surface area (Å²) in [5.41, 5.74) is 0.692. The Morgan fingerprint density at radius 1 is 1.40 bits per heavy atom. The Kier molecular flexibility index (Phi) is 4.69. The predicted octanol–water partition coefficient (Wildman–Crippen LogP) is 3.40. The topological polar surface area (TPSA) is 26.3 Å². The molecule has 1 aromatic rings. The molecule has 0 saturated heterocycles. The van der Waals surface area contributed by atoms with Crippen LogP contribution >= 0.6 is 11.8 Å². The summed E-state index contributed by atoms with van der Waals surface area (Å²) >= 11 is 1.65. The van der Waals surface area contributed by atoms with Gasteiger partial charge in [-0.2, -0.15) is 0 Å². The standard InChI is InChI=1S/C12H16O2S/c1-4-11(13)10-7-6-9(15-3)8-12(10)14-5-2/h6-8H,4-5H2,1-3H3. The highest BCUT2D eigenvalue weighted by Crippen LogP contribution is 2.26. The van der Waals surface area contributed by atoms with E-state index in [1.807, 2.05) is 38.3 Å². The van der Waals surface area contributed by atoms with Gasteiger partial charge in [0, 0.05) is 11.3 Å². The quantitative estimate of drug-likeness (QED) is 0.566. The zero-order chi connectivity index (χ0) is 11.3. The van der Waals surface area contributed by atoms with E-state index in [1.165, 1.54) is 0 Å². The molecular weight excluding hydrogens is 208 g/mol. The van der Waals surface area contributed by atoms with Crippen LogP contribution in [0, 0.1) is 0 Å². The third-order valence-electron chi connectivity index (χ3n) is 2.11. The minimum absolute atomic E-state index is 0.131. The average Bonchev–Trinajstić information content (AvgIpc) is 2.28. The molecule has 0 aliphatic rings. The summed E-state index contributed by atoms with van der Waals surface area (Å²) in [5.74, 6) is 0.835. The lowest BCUT2D eigenvalue weighted by molar-refractivity contribution is 0.0984. The molecule has 3 heteroatoms. The van der Waals surface area contributed by atoms with Crippen LogP contribution in [0.3, 0.4) is 0 Å². The lowest BCUT2D eigenvalue weighted by atomic mass is 10.1. The van der Waals surface area contributed by atoms with Crippen molar-refractivity contribution >= 4 is 17.5 Å². The normalized spacial score (nSPS) is 10.1. The molecule has 0 saturated carbocycles. The van der Waals surface area contributed by atoms with Crippen molar-refractivity contribution in [2.75, 3.05) is 12.9 Å². The summed E-state index contributed by atoms with van der Waals surface area (Å²) in [6.07, 6.45) is 2.52. The molecule has 0 N–H and O–H groups in total. The molecule has 0 amide bonds. The number of ketones is 1. The van der Waals surface area contributed by atoms with E-state index in [-0.39, 0.29) is 5.78 Å². The van der Waals surface area contributed by atoms with Gasteiger partial charge in [-0.1, -0.05) is 6.92 Å². The van der Waals surface area contributed by atoms with Crippen molar-refractivity contribution in [1.29, 1.82) is 0 Å². The first-order valence-electron chi connectivity index (χ1n) is 5.07. The Morgan fingerprint density at radius 2 is 2.13 bits per heavy atom. The van der Waals surface area contributed by atoms with E-state index in [2.05, 4.69) is 0 Å². The van der Waals surface area contributed by atoms with Crippen LogP contribution in [0.2, 0.25) is 0 Å². The highest BCUT2D eigenvalue weighted by molar-refractivity contribution is 7.98. The van der Waals surface area contributed by atoms with Crippen LogP contribution in [-0.2, 0) is 0 Å². The third kappa shape index (κ3) is 2.99. The Hall–Kier alpha value is -0.960. The Bertz CT molecular complexity index is 347. The van der Waals surface area contributed by atoms with Crippen LogP contribution in [-0.4, -0.2) is 18.6 Å². The summed E-state index contributed by atoms with van der Waals surface area (Å²) in [6, 6.07) is 5.73. The molecule has 1 rings (SSSR count). The van der Waals surface area contributed by atoms with Crippen molar-refractivity contribution in [2.24, 2.45) is 0 Å². The number of carbonyl (C=O) groups excluding carboxylic acids is 1. The molecule has 0 aliphatic heterocycles. The van der Waals surface area contributed by atoms with Gasteiger partial charge < -0.3 is 4.74 Å². The molecule has 0 aliphatic carbocycles. The number of hydrogen-bond donors (Lipinski definition) is 0. The Balaban J connectivity index is 3.08. The summed E-state index contributed by atoms with van der Waals surface area (Å²) in [4.78, 5) is 12.7. The van der Waals surface area contributed by atoms with Gasteiger partial charge in [0.15, 0.2) is 5.78 Å². The fourth-order valence-corrected chi connectivity index (χ4v) is 1.75. The molecule has 0 bridgehead atoms. The first-order chi connectivity index (χ1) is 7.22. The fourth-order valence-electron chi connectivity index (χ4n) is 1.33. The van der Waals surface area contributed by atoms with Gasteiger partial charge in [0.05, 0.1) is 12.2 Å². The maximum Gasteiger partial charge on any atom is 0.166 e. The van der Waals surface area contributed by atoms with Crippen LogP contribution in [0.4, 0.5) is 0 Å².